The maximum atomic E-state index is 13.1. The predicted octanol–water partition coefficient (Wildman–Crippen LogP) is 3.89. The number of para-hydroxylation sites is 1. The molecule has 0 spiro atoms. The first-order chi connectivity index (χ1) is 17.1. The van der Waals surface area contributed by atoms with Crippen LogP contribution in [0.25, 0.3) is 11.0 Å². The highest BCUT2D eigenvalue weighted by Crippen LogP contribution is 2.36. The molecule has 1 unspecified atom stereocenters. The molecule has 0 radical (unpaired) electrons. The Morgan fingerprint density at radius 3 is 2.60 bits per heavy atom. The van der Waals surface area contributed by atoms with Crippen LogP contribution in [-0.2, 0) is 4.79 Å². The largest absolute Gasteiger partial charge is 0.507 e. The number of nitrogens with one attached hydrogen (secondary N) is 1. The molecule has 3 aromatic rings. The topological polar surface area (TPSA) is 119 Å². The van der Waals surface area contributed by atoms with E-state index in [-0.39, 0.29) is 17.7 Å². The number of likely N-dealkylation sites (tertiary alicyclic amines) is 1. The Balaban J connectivity index is 1.72. The first-order valence-corrected chi connectivity index (χ1v) is 11.8. The molecule has 1 saturated heterocycles. The fraction of sp³-hybridized carbons (Fsp3) is 0.333. The second-order valence-electron chi connectivity index (χ2n) is 8.66. The van der Waals surface area contributed by atoms with Crippen LogP contribution in [0.15, 0.2) is 68.9 Å². The predicted molar refractivity (Wildman–Crippen MR) is 133 cm³/mol. The Morgan fingerprint density at radius 2 is 1.86 bits per heavy atom. The molecule has 2 aromatic carbocycles. The SMILES string of the molecule is N#CCC(=O)N/N=C(\CCN1CCCC1)CC(c1ccccc1)c1c(O)c2ccccc2oc1=O. The van der Waals surface area contributed by atoms with Crippen molar-refractivity contribution in [3.63, 3.8) is 0 Å². The van der Waals surface area contributed by atoms with Crippen molar-refractivity contribution in [1.29, 1.82) is 5.26 Å². The van der Waals surface area contributed by atoms with Crippen LogP contribution >= 0.6 is 0 Å². The van der Waals surface area contributed by atoms with Gasteiger partial charge in [-0.25, -0.2) is 10.2 Å². The molecule has 1 aliphatic rings. The van der Waals surface area contributed by atoms with E-state index >= 15 is 0 Å². The molecule has 0 saturated carbocycles. The number of benzene rings is 2. The number of aromatic hydroxyl groups is 1. The van der Waals surface area contributed by atoms with Gasteiger partial charge in [-0.05, 0) is 50.0 Å². The molecule has 8 nitrogen and oxygen atoms in total. The quantitative estimate of drug-likeness (QED) is 0.277. The number of rotatable bonds is 9. The van der Waals surface area contributed by atoms with Crippen LogP contribution in [0.4, 0.5) is 0 Å². The summed E-state index contributed by atoms with van der Waals surface area (Å²) < 4.78 is 5.56. The lowest BCUT2D eigenvalue weighted by Crippen LogP contribution is -2.26. The van der Waals surface area contributed by atoms with Gasteiger partial charge in [-0.15, -0.1) is 0 Å². The summed E-state index contributed by atoms with van der Waals surface area (Å²) in [5.41, 5.74) is 3.83. The second kappa shape index (κ2) is 11.4. The van der Waals surface area contributed by atoms with E-state index in [0.29, 0.717) is 29.5 Å². The lowest BCUT2D eigenvalue weighted by Gasteiger charge is -2.21. The summed E-state index contributed by atoms with van der Waals surface area (Å²) in [4.78, 5) is 27.4. The van der Waals surface area contributed by atoms with E-state index in [1.165, 1.54) is 0 Å². The zero-order valence-electron chi connectivity index (χ0n) is 19.4. The molecule has 1 aromatic heterocycles. The molecule has 1 atom stereocenters. The summed E-state index contributed by atoms with van der Waals surface area (Å²) in [5.74, 6) is -1.14. The Hall–Kier alpha value is -3.96. The molecule has 2 N–H and O–H groups in total. The van der Waals surface area contributed by atoms with Crippen LogP contribution in [-0.4, -0.2) is 41.3 Å². The highest BCUT2D eigenvalue weighted by Gasteiger charge is 2.26. The van der Waals surface area contributed by atoms with Crippen molar-refractivity contribution in [2.75, 3.05) is 19.6 Å². The van der Waals surface area contributed by atoms with E-state index < -0.39 is 17.5 Å². The minimum atomic E-state index is -0.609. The van der Waals surface area contributed by atoms with Gasteiger partial charge in [0.15, 0.2) is 0 Å². The van der Waals surface area contributed by atoms with Crippen molar-refractivity contribution in [1.82, 2.24) is 10.3 Å². The summed E-state index contributed by atoms with van der Waals surface area (Å²) in [6, 6.07) is 18.1. The van der Waals surface area contributed by atoms with Gasteiger partial charge in [0.1, 0.15) is 17.8 Å². The number of hydrazone groups is 1. The molecule has 4 rings (SSSR count). The Kier molecular flexibility index (Phi) is 7.91. The zero-order valence-corrected chi connectivity index (χ0v) is 19.4. The maximum Gasteiger partial charge on any atom is 0.343 e. The minimum absolute atomic E-state index is 0.113. The number of hydrogen-bond acceptors (Lipinski definition) is 7. The van der Waals surface area contributed by atoms with Crippen LogP contribution in [0.1, 0.15) is 49.1 Å². The highest BCUT2D eigenvalue weighted by atomic mass is 16.4. The third-order valence-electron chi connectivity index (χ3n) is 6.30. The van der Waals surface area contributed by atoms with Gasteiger partial charge in [0.05, 0.1) is 17.0 Å². The molecule has 0 aliphatic carbocycles. The van der Waals surface area contributed by atoms with Crippen molar-refractivity contribution in [3.05, 3.63) is 76.1 Å². The number of nitriles is 1. The van der Waals surface area contributed by atoms with Gasteiger partial charge in [-0.3, -0.25) is 4.79 Å². The summed E-state index contributed by atoms with van der Waals surface area (Å²) in [6.45, 7) is 2.81. The molecular weight excluding hydrogens is 444 g/mol. The molecule has 180 valence electrons. The van der Waals surface area contributed by atoms with E-state index in [4.69, 9.17) is 9.68 Å². The monoisotopic (exact) mass is 472 g/mol. The van der Waals surface area contributed by atoms with E-state index in [0.717, 1.165) is 38.0 Å². The number of hydrogen-bond donors (Lipinski definition) is 2. The standard InChI is InChI=1S/C27H28N4O4/c28-14-12-24(32)30-29-20(13-17-31-15-6-7-16-31)18-22(19-8-2-1-3-9-19)25-26(33)21-10-4-5-11-23(21)35-27(25)34/h1-5,8-11,22,33H,6-7,12-13,15-18H2,(H,30,32)/b29-20+. The van der Waals surface area contributed by atoms with Crippen LogP contribution in [0.2, 0.25) is 0 Å². The van der Waals surface area contributed by atoms with Crippen molar-refractivity contribution >= 4 is 22.6 Å². The Labute approximate surface area is 203 Å². The van der Waals surface area contributed by atoms with Crippen LogP contribution < -0.4 is 11.1 Å². The third kappa shape index (κ3) is 5.94. The van der Waals surface area contributed by atoms with Crippen LogP contribution in [0.5, 0.6) is 5.75 Å². The van der Waals surface area contributed by atoms with Gasteiger partial charge in [0.2, 0.25) is 0 Å². The molecule has 35 heavy (non-hydrogen) atoms. The van der Waals surface area contributed by atoms with Gasteiger partial charge in [-0.1, -0.05) is 42.5 Å². The van der Waals surface area contributed by atoms with E-state index in [2.05, 4.69) is 15.4 Å². The van der Waals surface area contributed by atoms with E-state index in [1.54, 1.807) is 24.3 Å². The van der Waals surface area contributed by atoms with Crippen LogP contribution in [0, 0.1) is 11.3 Å². The van der Waals surface area contributed by atoms with Crippen molar-refractivity contribution < 1.29 is 14.3 Å². The molecule has 2 heterocycles. The van der Waals surface area contributed by atoms with Crippen molar-refractivity contribution in [2.24, 2.45) is 5.10 Å². The fourth-order valence-electron chi connectivity index (χ4n) is 4.51. The first-order valence-electron chi connectivity index (χ1n) is 11.8. The summed E-state index contributed by atoms with van der Waals surface area (Å²) in [7, 11) is 0. The van der Waals surface area contributed by atoms with Crippen LogP contribution in [0.3, 0.4) is 0 Å². The molecule has 1 fully saturated rings. The number of nitrogens with zero attached hydrogens (tertiary/aromatic N) is 3. The smallest absolute Gasteiger partial charge is 0.343 e. The van der Waals surface area contributed by atoms with Gasteiger partial charge in [0, 0.05) is 24.6 Å². The first kappa shape index (κ1) is 24.2. The van der Waals surface area contributed by atoms with E-state index in [1.807, 2.05) is 36.4 Å². The second-order valence-corrected chi connectivity index (χ2v) is 8.66. The van der Waals surface area contributed by atoms with Crippen molar-refractivity contribution in [3.8, 4) is 11.8 Å². The third-order valence-corrected chi connectivity index (χ3v) is 6.30. The summed E-state index contributed by atoms with van der Waals surface area (Å²) in [5, 5.41) is 24.8. The molecule has 1 amide bonds. The Bertz CT molecular complexity index is 1300. The van der Waals surface area contributed by atoms with Gasteiger partial charge >= 0.3 is 5.63 Å². The maximum absolute atomic E-state index is 13.1. The highest BCUT2D eigenvalue weighted by molar-refractivity contribution is 5.89. The number of carbonyl (C=O) groups excluding carboxylic acids is 1. The molecule has 8 heteroatoms. The molecular formula is C27H28N4O4. The molecule has 0 bridgehead atoms. The number of fused-ring (bicyclic) bond motifs is 1. The lowest BCUT2D eigenvalue weighted by molar-refractivity contribution is -0.120. The van der Waals surface area contributed by atoms with Gasteiger partial charge in [-0.2, -0.15) is 10.4 Å². The van der Waals surface area contributed by atoms with E-state index in [9.17, 15) is 14.7 Å². The van der Waals surface area contributed by atoms with Crippen molar-refractivity contribution in [2.45, 2.75) is 38.0 Å². The van der Waals surface area contributed by atoms with Gasteiger partial charge in [0.25, 0.3) is 5.91 Å². The minimum Gasteiger partial charge on any atom is -0.507 e. The lowest BCUT2D eigenvalue weighted by atomic mass is 9.86. The average molecular weight is 473 g/mol. The molecule has 1 aliphatic heterocycles. The van der Waals surface area contributed by atoms with Gasteiger partial charge < -0.3 is 14.4 Å². The normalized spacial score (nSPS) is 15.1. The number of carbonyl (C=O) groups is 1. The Morgan fingerprint density at radius 1 is 1.14 bits per heavy atom. The zero-order chi connectivity index (χ0) is 24.6. The summed E-state index contributed by atoms with van der Waals surface area (Å²) >= 11 is 0. The fourth-order valence-corrected chi connectivity index (χ4v) is 4.51. The number of amides is 1. The summed E-state index contributed by atoms with van der Waals surface area (Å²) in [6.07, 6.45) is 2.89. The average Bonchev–Trinajstić information content (AvgIpc) is 3.39.